The summed E-state index contributed by atoms with van der Waals surface area (Å²) in [4.78, 5) is 20.6. The lowest BCUT2D eigenvalue weighted by Gasteiger charge is -2.06. The van der Waals surface area contributed by atoms with Crippen LogP contribution in [0.1, 0.15) is 17.9 Å². The number of nitrogens with one attached hydrogen (secondary N) is 1. The van der Waals surface area contributed by atoms with E-state index >= 15 is 0 Å². The smallest absolute Gasteiger partial charge is 0.232 e. The molecule has 0 saturated heterocycles. The first-order chi connectivity index (χ1) is 11.8. The van der Waals surface area contributed by atoms with Gasteiger partial charge in [-0.15, -0.1) is 0 Å². The number of carbonyl (C=O) groups excluding carboxylic acids is 1. The Kier molecular flexibility index (Phi) is 4.54. The summed E-state index contributed by atoms with van der Waals surface area (Å²) in [6, 6.07) is 9.86. The summed E-state index contributed by atoms with van der Waals surface area (Å²) in [6.45, 7) is 3.59. The van der Waals surface area contributed by atoms with Gasteiger partial charge in [-0.3, -0.25) is 10.1 Å². The quantitative estimate of drug-likeness (QED) is 0.751. The van der Waals surface area contributed by atoms with Crippen molar-refractivity contribution in [2.45, 2.75) is 25.2 Å². The highest BCUT2D eigenvalue weighted by atomic mass is 32.2. The van der Waals surface area contributed by atoms with E-state index in [4.69, 9.17) is 4.42 Å². The van der Waals surface area contributed by atoms with Gasteiger partial charge in [0, 0.05) is 6.42 Å². The second kappa shape index (κ2) is 6.64. The van der Waals surface area contributed by atoms with Gasteiger partial charge in [-0.2, -0.15) is 4.98 Å². The van der Waals surface area contributed by atoms with Crippen molar-refractivity contribution in [3.8, 4) is 0 Å². The highest BCUT2D eigenvalue weighted by molar-refractivity contribution is 7.91. The third kappa shape index (κ3) is 3.85. The largest absolute Gasteiger partial charge is 0.443 e. The Morgan fingerprint density at radius 1 is 1.16 bits per heavy atom. The number of fused-ring (bicyclic) bond motifs is 1. The molecule has 0 aliphatic heterocycles. The normalized spacial score (nSPS) is 11.6. The third-order valence-corrected chi connectivity index (χ3v) is 5.39. The monoisotopic (exact) mass is 359 g/mol. The number of hydrogen-bond acceptors (Lipinski definition) is 6. The van der Waals surface area contributed by atoms with E-state index in [0.29, 0.717) is 17.2 Å². The van der Waals surface area contributed by atoms with Crippen LogP contribution in [0.2, 0.25) is 0 Å². The van der Waals surface area contributed by atoms with Crippen LogP contribution in [0.3, 0.4) is 0 Å². The Hall–Kier alpha value is -2.74. The molecule has 1 amide bonds. The van der Waals surface area contributed by atoms with Crippen molar-refractivity contribution in [1.82, 2.24) is 9.97 Å². The van der Waals surface area contributed by atoms with Crippen LogP contribution in [0.4, 0.5) is 5.95 Å². The minimum Gasteiger partial charge on any atom is -0.443 e. The molecule has 7 nitrogen and oxygen atoms in total. The van der Waals surface area contributed by atoms with Gasteiger partial charge in [0.2, 0.25) is 17.6 Å². The van der Waals surface area contributed by atoms with Crippen molar-refractivity contribution in [2.24, 2.45) is 0 Å². The molecule has 0 bridgehead atoms. The summed E-state index contributed by atoms with van der Waals surface area (Å²) in [5.41, 5.74) is 1.06. The zero-order valence-corrected chi connectivity index (χ0v) is 14.6. The van der Waals surface area contributed by atoms with Gasteiger partial charge < -0.3 is 4.42 Å². The Bertz CT molecular complexity index is 1030. The average molecular weight is 359 g/mol. The summed E-state index contributed by atoms with van der Waals surface area (Å²) < 4.78 is 29.8. The maximum atomic E-state index is 12.2. The van der Waals surface area contributed by atoms with Crippen molar-refractivity contribution in [3.05, 3.63) is 47.9 Å². The second-order valence-corrected chi connectivity index (χ2v) is 7.75. The molecule has 0 saturated carbocycles. The molecule has 0 aliphatic rings. The molecule has 0 radical (unpaired) electrons. The van der Waals surface area contributed by atoms with E-state index in [1.807, 2.05) is 6.07 Å². The van der Waals surface area contributed by atoms with E-state index in [1.165, 1.54) is 12.1 Å². The van der Waals surface area contributed by atoms with Crippen LogP contribution >= 0.6 is 0 Å². The van der Waals surface area contributed by atoms with Gasteiger partial charge in [0.15, 0.2) is 9.84 Å². The molecule has 25 heavy (non-hydrogen) atoms. The van der Waals surface area contributed by atoms with Gasteiger partial charge in [0.25, 0.3) is 0 Å². The van der Waals surface area contributed by atoms with E-state index in [1.54, 1.807) is 32.0 Å². The van der Waals surface area contributed by atoms with Crippen LogP contribution < -0.4 is 5.32 Å². The Labute approximate surface area is 145 Å². The summed E-state index contributed by atoms with van der Waals surface area (Å²) in [5, 5.41) is 3.30. The van der Waals surface area contributed by atoms with Gasteiger partial charge in [-0.1, -0.05) is 18.2 Å². The molecule has 3 aromatic rings. The van der Waals surface area contributed by atoms with Gasteiger partial charge in [-0.05, 0) is 32.0 Å². The predicted octanol–water partition coefficient (Wildman–Crippen LogP) is 2.64. The van der Waals surface area contributed by atoms with Crippen LogP contribution in [0.15, 0.2) is 45.7 Å². The van der Waals surface area contributed by atoms with E-state index < -0.39 is 15.7 Å². The lowest BCUT2D eigenvalue weighted by Crippen LogP contribution is -2.19. The molecule has 0 spiro atoms. The number of rotatable bonds is 5. The van der Waals surface area contributed by atoms with E-state index in [9.17, 15) is 13.2 Å². The number of anilines is 1. The maximum absolute atomic E-state index is 12.2. The van der Waals surface area contributed by atoms with Crippen molar-refractivity contribution in [2.75, 3.05) is 11.1 Å². The van der Waals surface area contributed by atoms with Crippen LogP contribution in [-0.2, 0) is 14.6 Å². The number of aryl methyl sites for hydroxylation is 2. The third-order valence-electron chi connectivity index (χ3n) is 3.66. The number of furan rings is 1. The van der Waals surface area contributed by atoms with Crippen LogP contribution in [-0.4, -0.2) is 30.0 Å². The van der Waals surface area contributed by atoms with E-state index in [2.05, 4.69) is 15.3 Å². The number of hydrogen-bond donors (Lipinski definition) is 1. The Morgan fingerprint density at radius 3 is 2.60 bits per heavy atom. The number of benzene rings is 1. The zero-order valence-electron chi connectivity index (χ0n) is 13.8. The number of aromatic nitrogens is 2. The molecule has 3 rings (SSSR count). The molecule has 2 heterocycles. The molecule has 0 aliphatic carbocycles. The molecule has 1 N–H and O–H groups in total. The second-order valence-electron chi connectivity index (χ2n) is 5.64. The first-order valence-electron chi connectivity index (χ1n) is 7.67. The Morgan fingerprint density at radius 2 is 1.88 bits per heavy atom. The van der Waals surface area contributed by atoms with Crippen molar-refractivity contribution < 1.29 is 17.6 Å². The molecule has 0 atom stereocenters. The van der Waals surface area contributed by atoms with Crippen LogP contribution in [0, 0.1) is 13.8 Å². The number of carbonyl (C=O) groups is 1. The van der Waals surface area contributed by atoms with Gasteiger partial charge in [0.05, 0.1) is 21.7 Å². The number of nitrogens with zero attached hydrogens (tertiary/aromatic N) is 2. The van der Waals surface area contributed by atoms with Gasteiger partial charge >= 0.3 is 0 Å². The van der Waals surface area contributed by atoms with Gasteiger partial charge in [-0.25, -0.2) is 13.4 Å². The van der Waals surface area contributed by atoms with Gasteiger partial charge in [0.1, 0.15) is 5.76 Å². The minimum atomic E-state index is -3.51. The molecule has 0 fully saturated rings. The fourth-order valence-electron chi connectivity index (χ4n) is 2.40. The zero-order chi connectivity index (χ0) is 18.0. The fourth-order valence-corrected chi connectivity index (χ4v) is 3.66. The predicted molar refractivity (Wildman–Crippen MR) is 93.0 cm³/mol. The van der Waals surface area contributed by atoms with Crippen LogP contribution in [0.25, 0.3) is 11.1 Å². The summed E-state index contributed by atoms with van der Waals surface area (Å²) >= 11 is 0. The first kappa shape index (κ1) is 17.1. The topological polar surface area (TPSA) is 102 Å². The molecule has 2 aromatic heterocycles. The van der Waals surface area contributed by atoms with E-state index in [0.717, 1.165) is 5.39 Å². The molecule has 130 valence electrons. The van der Waals surface area contributed by atoms with Crippen molar-refractivity contribution >= 4 is 32.8 Å². The van der Waals surface area contributed by atoms with Crippen molar-refractivity contribution in [1.29, 1.82) is 0 Å². The van der Waals surface area contributed by atoms with E-state index in [-0.39, 0.29) is 23.0 Å². The van der Waals surface area contributed by atoms with Crippen LogP contribution in [0.5, 0.6) is 0 Å². The standard InChI is InChI=1S/C17H17N3O4S/c1-11-10-14-12(2)18-17(20-16(14)24-11)19-15(21)8-9-25(22,23)13-6-4-3-5-7-13/h3-7,10H,8-9H2,1-2H3,(H,18,19,20,21). The average Bonchev–Trinajstić information content (AvgIpc) is 2.95. The summed E-state index contributed by atoms with van der Waals surface area (Å²) in [5.74, 6) is 0.0389. The molecule has 8 heteroatoms. The summed E-state index contributed by atoms with van der Waals surface area (Å²) in [6.07, 6.45) is -0.186. The molecule has 1 aromatic carbocycles. The molecular weight excluding hydrogens is 342 g/mol. The molecule has 0 unspecified atom stereocenters. The molecular formula is C17H17N3O4S. The SMILES string of the molecule is Cc1cc2c(C)nc(NC(=O)CCS(=O)(=O)c3ccccc3)nc2o1. The maximum Gasteiger partial charge on any atom is 0.232 e. The lowest BCUT2D eigenvalue weighted by atomic mass is 10.3. The number of sulfone groups is 1. The highest BCUT2D eigenvalue weighted by Crippen LogP contribution is 2.21. The highest BCUT2D eigenvalue weighted by Gasteiger charge is 2.17. The van der Waals surface area contributed by atoms with Crippen molar-refractivity contribution in [3.63, 3.8) is 0 Å². The Balaban J connectivity index is 1.69. The first-order valence-corrected chi connectivity index (χ1v) is 9.33. The fraction of sp³-hybridized carbons (Fsp3) is 0.235. The number of amides is 1. The minimum absolute atomic E-state index is 0.0986. The summed E-state index contributed by atoms with van der Waals surface area (Å²) in [7, 11) is -3.51. The lowest BCUT2D eigenvalue weighted by molar-refractivity contribution is -0.115.